The van der Waals surface area contributed by atoms with E-state index in [1.165, 1.54) is 5.56 Å². The first-order valence-corrected chi connectivity index (χ1v) is 15.1. The molecule has 0 aliphatic rings. The number of esters is 2. The first-order chi connectivity index (χ1) is 21.1. The molecule has 0 aliphatic heterocycles. The molecule has 4 aromatic rings. The van der Waals surface area contributed by atoms with Crippen LogP contribution in [0, 0.1) is 5.41 Å². The SMILES string of the molecule is CCc1ccc(-c2ccc(C(=O)CC(CCn3nnc4ccccc4c3=O)(C(=O)OC(C)(C)C)C(=O)OC(C)(C)C)cc2)cc1. The number of aromatic nitrogens is 3. The predicted octanol–water partition coefficient (Wildman–Crippen LogP) is 6.35. The summed E-state index contributed by atoms with van der Waals surface area (Å²) in [6.45, 7) is 12.0. The van der Waals surface area contributed by atoms with E-state index in [0.717, 1.165) is 22.2 Å². The summed E-state index contributed by atoms with van der Waals surface area (Å²) in [4.78, 5) is 55.1. The topological polar surface area (TPSA) is 117 Å². The fraction of sp³-hybridized carbons (Fsp3) is 0.389. The van der Waals surface area contributed by atoms with E-state index in [1.807, 2.05) is 24.3 Å². The number of carbonyl (C=O) groups is 3. The van der Waals surface area contributed by atoms with Crippen molar-refractivity contribution in [1.82, 2.24) is 15.0 Å². The summed E-state index contributed by atoms with van der Waals surface area (Å²) in [5, 5.41) is 8.49. The molecule has 1 aromatic heterocycles. The highest BCUT2D eigenvalue weighted by Gasteiger charge is 2.52. The van der Waals surface area contributed by atoms with Gasteiger partial charge in [-0.3, -0.25) is 19.2 Å². The fourth-order valence-corrected chi connectivity index (χ4v) is 4.90. The molecular weight excluding hydrogens is 570 g/mol. The molecule has 0 radical (unpaired) electrons. The smallest absolute Gasteiger partial charge is 0.324 e. The van der Waals surface area contributed by atoms with Crippen LogP contribution in [0.25, 0.3) is 22.0 Å². The van der Waals surface area contributed by atoms with Crippen molar-refractivity contribution in [2.24, 2.45) is 5.41 Å². The molecule has 4 rings (SSSR count). The molecule has 0 saturated carbocycles. The highest BCUT2D eigenvalue weighted by atomic mass is 16.6. The molecule has 0 N–H and O–H groups in total. The van der Waals surface area contributed by atoms with Crippen LogP contribution in [0.15, 0.2) is 77.6 Å². The fourth-order valence-electron chi connectivity index (χ4n) is 4.90. The molecule has 0 aliphatic carbocycles. The van der Waals surface area contributed by atoms with Crippen LogP contribution in [0.4, 0.5) is 0 Å². The van der Waals surface area contributed by atoms with Gasteiger partial charge in [0.1, 0.15) is 16.7 Å². The summed E-state index contributed by atoms with van der Waals surface area (Å²) in [5.41, 5.74) is -0.547. The minimum atomic E-state index is -2.07. The van der Waals surface area contributed by atoms with Gasteiger partial charge in [-0.2, -0.15) is 0 Å². The largest absolute Gasteiger partial charge is 0.459 e. The quantitative estimate of drug-likeness (QED) is 0.116. The number of rotatable bonds is 10. The van der Waals surface area contributed by atoms with Gasteiger partial charge in [-0.05, 0) is 83.2 Å². The van der Waals surface area contributed by atoms with Gasteiger partial charge in [-0.15, -0.1) is 5.10 Å². The van der Waals surface area contributed by atoms with Crippen LogP contribution < -0.4 is 5.56 Å². The molecule has 0 bridgehead atoms. The Hall–Kier alpha value is -4.66. The average Bonchev–Trinajstić information content (AvgIpc) is 2.98. The number of hydrogen-bond donors (Lipinski definition) is 0. The number of hydrogen-bond acceptors (Lipinski definition) is 8. The Morgan fingerprint density at radius 3 is 1.82 bits per heavy atom. The van der Waals surface area contributed by atoms with Crippen LogP contribution in [-0.4, -0.2) is 43.9 Å². The zero-order valence-electron chi connectivity index (χ0n) is 27.0. The highest BCUT2D eigenvalue weighted by molar-refractivity contribution is 6.08. The Morgan fingerprint density at radius 2 is 1.29 bits per heavy atom. The molecule has 1 heterocycles. The lowest BCUT2D eigenvalue weighted by molar-refractivity contribution is -0.186. The van der Waals surface area contributed by atoms with E-state index in [2.05, 4.69) is 29.4 Å². The Kier molecular flexibility index (Phi) is 9.71. The second kappa shape index (κ2) is 13.1. The maximum atomic E-state index is 14.0. The van der Waals surface area contributed by atoms with Crippen molar-refractivity contribution in [3.8, 4) is 11.1 Å². The monoisotopic (exact) mass is 611 g/mol. The van der Waals surface area contributed by atoms with Gasteiger partial charge in [-0.1, -0.05) is 72.8 Å². The first-order valence-electron chi connectivity index (χ1n) is 15.1. The van der Waals surface area contributed by atoms with Crippen LogP contribution in [-0.2, 0) is 32.0 Å². The summed E-state index contributed by atoms with van der Waals surface area (Å²) in [6.07, 6.45) is 0.126. The number of Topliss-reactive ketones (excluding diaryl/α,β-unsaturated/α-hetero) is 1. The third-order valence-corrected chi connectivity index (χ3v) is 7.32. The van der Waals surface area contributed by atoms with Crippen LogP contribution in [0.2, 0.25) is 0 Å². The van der Waals surface area contributed by atoms with Crippen LogP contribution in [0.1, 0.15) is 77.2 Å². The van der Waals surface area contributed by atoms with E-state index < -0.39 is 46.3 Å². The van der Waals surface area contributed by atoms with Crippen molar-refractivity contribution in [1.29, 1.82) is 0 Å². The summed E-state index contributed by atoms with van der Waals surface area (Å²) in [6, 6.07) is 22.0. The van der Waals surface area contributed by atoms with Crippen LogP contribution >= 0.6 is 0 Å². The van der Waals surface area contributed by atoms with Gasteiger partial charge >= 0.3 is 11.9 Å². The average molecular weight is 612 g/mol. The number of fused-ring (bicyclic) bond motifs is 1. The van der Waals surface area contributed by atoms with E-state index >= 15 is 0 Å². The summed E-state index contributed by atoms with van der Waals surface area (Å²) in [5.74, 6) is -2.27. The molecule has 0 atom stereocenters. The second-order valence-corrected chi connectivity index (χ2v) is 13.2. The Balaban J connectivity index is 1.72. The third-order valence-electron chi connectivity index (χ3n) is 7.32. The lowest BCUT2D eigenvalue weighted by Gasteiger charge is -2.34. The molecule has 0 amide bonds. The first kappa shape index (κ1) is 33.2. The zero-order valence-corrected chi connectivity index (χ0v) is 27.0. The molecule has 0 fully saturated rings. The number of nitrogens with zero attached hydrogens (tertiary/aromatic N) is 3. The molecular formula is C36H41N3O6. The van der Waals surface area contributed by atoms with Crippen molar-refractivity contribution in [3.05, 3.63) is 94.3 Å². The van der Waals surface area contributed by atoms with Gasteiger partial charge in [0, 0.05) is 18.5 Å². The molecule has 0 saturated heterocycles. The lowest BCUT2D eigenvalue weighted by Crippen LogP contribution is -2.49. The van der Waals surface area contributed by atoms with Crippen molar-refractivity contribution in [2.45, 2.75) is 85.5 Å². The van der Waals surface area contributed by atoms with Crippen molar-refractivity contribution in [3.63, 3.8) is 0 Å². The molecule has 45 heavy (non-hydrogen) atoms. The third kappa shape index (κ3) is 8.09. The van der Waals surface area contributed by atoms with Crippen molar-refractivity contribution >= 4 is 28.6 Å². The maximum absolute atomic E-state index is 14.0. The molecule has 0 spiro atoms. The van der Waals surface area contributed by atoms with Gasteiger partial charge in [-0.25, -0.2) is 4.68 Å². The number of ketones is 1. The normalized spacial score (nSPS) is 12.2. The second-order valence-electron chi connectivity index (χ2n) is 13.2. The van der Waals surface area contributed by atoms with E-state index in [0.29, 0.717) is 16.5 Å². The summed E-state index contributed by atoms with van der Waals surface area (Å²) in [7, 11) is 0. The summed E-state index contributed by atoms with van der Waals surface area (Å²) >= 11 is 0. The van der Waals surface area contributed by atoms with E-state index in [-0.39, 0.29) is 13.0 Å². The standard InChI is InChI=1S/C36H41N3O6/c1-8-24-13-15-25(16-14-24)26-17-19-27(20-18-26)30(40)23-36(32(42)44-34(2,3)4,33(43)45-35(5,6)7)21-22-39-31(41)28-11-9-10-12-29(28)37-38-39/h9-20H,8,21-23H2,1-7H3. The predicted molar refractivity (Wildman–Crippen MR) is 173 cm³/mol. The number of carbonyl (C=O) groups excluding carboxylic acids is 3. The van der Waals surface area contributed by atoms with Gasteiger partial charge in [0.2, 0.25) is 0 Å². The lowest BCUT2D eigenvalue weighted by atomic mass is 9.77. The number of ether oxygens (including phenoxy) is 2. The number of benzene rings is 3. The van der Waals surface area contributed by atoms with Crippen LogP contribution in [0.3, 0.4) is 0 Å². The van der Waals surface area contributed by atoms with Gasteiger partial charge in [0.25, 0.3) is 5.56 Å². The number of aryl methyl sites for hydroxylation is 2. The van der Waals surface area contributed by atoms with Gasteiger partial charge in [0.05, 0.1) is 5.39 Å². The van der Waals surface area contributed by atoms with Crippen molar-refractivity contribution < 1.29 is 23.9 Å². The molecule has 3 aromatic carbocycles. The maximum Gasteiger partial charge on any atom is 0.324 e. The minimum Gasteiger partial charge on any atom is -0.459 e. The van der Waals surface area contributed by atoms with E-state index in [4.69, 9.17) is 9.47 Å². The van der Waals surface area contributed by atoms with Gasteiger partial charge in [0.15, 0.2) is 11.2 Å². The minimum absolute atomic E-state index is 0.185. The van der Waals surface area contributed by atoms with Gasteiger partial charge < -0.3 is 9.47 Å². The Bertz CT molecular complexity index is 1720. The molecule has 236 valence electrons. The zero-order chi connectivity index (χ0) is 33.0. The molecule has 0 unspecified atom stereocenters. The Labute approximate surface area is 263 Å². The summed E-state index contributed by atoms with van der Waals surface area (Å²) < 4.78 is 12.6. The van der Waals surface area contributed by atoms with Crippen LogP contribution in [0.5, 0.6) is 0 Å². The van der Waals surface area contributed by atoms with E-state index in [9.17, 15) is 19.2 Å². The Morgan fingerprint density at radius 1 is 0.756 bits per heavy atom. The molecule has 9 nitrogen and oxygen atoms in total. The van der Waals surface area contributed by atoms with E-state index in [1.54, 1.807) is 77.9 Å². The molecule has 9 heteroatoms. The highest BCUT2D eigenvalue weighted by Crippen LogP contribution is 2.36. The van der Waals surface area contributed by atoms with Crippen molar-refractivity contribution in [2.75, 3.05) is 0 Å².